The molecule has 0 spiro atoms. The smallest absolute Gasteiger partial charge is 0.257 e. The van der Waals surface area contributed by atoms with Gasteiger partial charge in [-0.05, 0) is 40.0 Å². The zero-order chi connectivity index (χ0) is 20.4. The lowest BCUT2D eigenvalue weighted by molar-refractivity contribution is -0.123. The maximum Gasteiger partial charge on any atom is 0.257 e. The predicted octanol–water partition coefficient (Wildman–Crippen LogP) is 1.80. The summed E-state index contributed by atoms with van der Waals surface area (Å²) in [5.41, 5.74) is 12.3. The minimum atomic E-state index is -0.215. The number of halogens is 1. The van der Waals surface area contributed by atoms with Gasteiger partial charge in [0.25, 0.3) is 5.91 Å². The van der Waals surface area contributed by atoms with Crippen molar-refractivity contribution in [3.63, 3.8) is 0 Å². The lowest BCUT2D eigenvalue weighted by Gasteiger charge is -2.12. The molecule has 0 heterocycles. The average Bonchev–Trinajstić information content (AvgIpc) is 2.68. The van der Waals surface area contributed by atoms with E-state index in [4.69, 9.17) is 20.9 Å². The summed E-state index contributed by atoms with van der Waals surface area (Å²) in [6.45, 7) is 0.409. The van der Waals surface area contributed by atoms with Crippen LogP contribution in [0.1, 0.15) is 11.1 Å². The SMILES string of the molecule is COc1cc(C=NN=C(N)N)c(Br)cc1OCC(=O)NCCc1ccccc1. The number of carbonyl (C=O) groups excluding carboxylic acids is 1. The molecule has 8 nitrogen and oxygen atoms in total. The minimum Gasteiger partial charge on any atom is -0.493 e. The molecular formula is C19H22BrN5O3. The summed E-state index contributed by atoms with van der Waals surface area (Å²) in [4.78, 5) is 12.0. The van der Waals surface area contributed by atoms with Crippen LogP contribution in [0.4, 0.5) is 0 Å². The van der Waals surface area contributed by atoms with Crippen LogP contribution in [0.25, 0.3) is 0 Å². The van der Waals surface area contributed by atoms with Gasteiger partial charge in [0.1, 0.15) is 0 Å². The van der Waals surface area contributed by atoms with Gasteiger partial charge >= 0.3 is 0 Å². The molecule has 9 heteroatoms. The van der Waals surface area contributed by atoms with E-state index >= 15 is 0 Å². The summed E-state index contributed by atoms with van der Waals surface area (Å²) in [5, 5.41) is 10.1. The van der Waals surface area contributed by atoms with Crippen molar-refractivity contribution in [2.75, 3.05) is 20.3 Å². The molecule has 0 radical (unpaired) electrons. The number of nitrogens with zero attached hydrogens (tertiary/aromatic N) is 2. The molecule has 0 saturated heterocycles. The van der Waals surface area contributed by atoms with Gasteiger partial charge in [-0.1, -0.05) is 30.3 Å². The lowest BCUT2D eigenvalue weighted by atomic mass is 10.1. The first-order valence-corrected chi connectivity index (χ1v) is 9.22. The second-order valence-corrected chi connectivity index (χ2v) is 6.52. The van der Waals surface area contributed by atoms with E-state index in [1.165, 1.54) is 13.3 Å². The number of hydrogen-bond acceptors (Lipinski definition) is 5. The third kappa shape index (κ3) is 6.92. The number of methoxy groups -OCH3 is 1. The Kier molecular flexibility index (Phi) is 8.29. The van der Waals surface area contributed by atoms with Crippen molar-refractivity contribution >= 4 is 34.0 Å². The van der Waals surface area contributed by atoms with Crippen LogP contribution < -0.4 is 26.3 Å². The first kappa shape index (κ1) is 21.2. The molecule has 0 bridgehead atoms. The molecule has 28 heavy (non-hydrogen) atoms. The van der Waals surface area contributed by atoms with E-state index in [0.717, 1.165) is 12.0 Å². The third-order valence-corrected chi connectivity index (χ3v) is 4.28. The van der Waals surface area contributed by atoms with Gasteiger partial charge in [0, 0.05) is 16.6 Å². The van der Waals surface area contributed by atoms with E-state index in [1.54, 1.807) is 12.1 Å². The second kappa shape index (κ2) is 10.9. The van der Waals surface area contributed by atoms with Crippen LogP contribution >= 0.6 is 15.9 Å². The minimum absolute atomic E-state index is 0.126. The highest BCUT2D eigenvalue weighted by molar-refractivity contribution is 9.10. The van der Waals surface area contributed by atoms with Gasteiger partial charge in [-0.25, -0.2) is 0 Å². The Hall–Kier alpha value is -3.07. The summed E-state index contributed by atoms with van der Waals surface area (Å²) in [5.74, 6) is 0.517. The van der Waals surface area contributed by atoms with Crippen molar-refractivity contribution in [2.24, 2.45) is 21.7 Å². The van der Waals surface area contributed by atoms with Crippen molar-refractivity contribution in [1.29, 1.82) is 0 Å². The first-order valence-electron chi connectivity index (χ1n) is 8.42. The Balaban J connectivity index is 1.91. The summed E-state index contributed by atoms with van der Waals surface area (Å²) in [6, 6.07) is 13.3. The van der Waals surface area contributed by atoms with Gasteiger partial charge in [0.15, 0.2) is 18.1 Å². The highest BCUT2D eigenvalue weighted by atomic mass is 79.9. The molecule has 0 atom stereocenters. The number of hydrogen-bond donors (Lipinski definition) is 3. The fraction of sp³-hybridized carbons (Fsp3) is 0.211. The normalized spacial score (nSPS) is 10.5. The molecule has 2 aromatic rings. The highest BCUT2D eigenvalue weighted by Crippen LogP contribution is 2.32. The van der Waals surface area contributed by atoms with E-state index < -0.39 is 0 Å². The monoisotopic (exact) mass is 447 g/mol. The molecule has 148 valence electrons. The van der Waals surface area contributed by atoms with Gasteiger partial charge in [-0.15, -0.1) is 5.10 Å². The zero-order valence-corrected chi connectivity index (χ0v) is 17.0. The van der Waals surface area contributed by atoms with Crippen LogP contribution in [0.3, 0.4) is 0 Å². The number of rotatable bonds is 9. The number of ether oxygens (including phenoxy) is 2. The van der Waals surface area contributed by atoms with Crippen molar-refractivity contribution in [3.8, 4) is 11.5 Å². The Morgan fingerprint density at radius 3 is 2.64 bits per heavy atom. The Morgan fingerprint density at radius 1 is 1.21 bits per heavy atom. The Bertz CT molecular complexity index is 852. The van der Waals surface area contributed by atoms with Crippen molar-refractivity contribution < 1.29 is 14.3 Å². The number of nitrogens with one attached hydrogen (secondary N) is 1. The Morgan fingerprint density at radius 2 is 1.96 bits per heavy atom. The van der Waals surface area contributed by atoms with E-state index in [9.17, 15) is 4.79 Å². The molecule has 2 aromatic carbocycles. The average molecular weight is 448 g/mol. The summed E-state index contributed by atoms with van der Waals surface area (Å²) in [6.07, 6.45) is 2.22. The van der Waals surface area contributed by atoms with Crippen LogP contribution in [-0.4, -0.2) is 38.3 Å². The maximum atomic E-state index is 12.0. The second-order valence-electron chi connectivity index (χ2n) is 5.67. The van der Waals surface area contributed by atoms with Crippen molar-refractivity contribution in [1.82, 2.24) is 5.32 Å². The van der Waals surface area contributed by atoms with Gasteiger partial charge in [-0.3, -0.25) is 4.79 Å². The third-order valence-electron chi connectivity index (χ3n) is 3.59. The molecular weight excluding hydrogens is 426 g/mol. The highest BCUT2D eigenvalue weighted by Gasteiger charge is 2.11. The van der Waals surface area contributed by atoms with Gasteiger partial charge < -0.3 is 26.3 Å². The number of nitrogens with two attached hydrogens (primary N) is 2. The zero-order valence-electron chi connectivity index (χ0n) is 15.4. The van der Waals surface area contributed by atoms with Gasteiger partial charge in [0.05, 0.1) is 13.3 Å². The van der Waals surface area contributed by atoms with Crippen molar-refractivity contribution in [2.45, 2.75) is 6.42 Å². The summed E-state index contributed by atoms with van der Waals surface area (Å²) < 4.78 is 11.6. The van der Waals surface area contributed by atoms with E-state index in [1.807, 2.05) is 30.3 Å². The molecule has 0 aliphatic rings. The van der Waals surface area contributed by atoms with Gasteiger partial charge in [0.2, 0.25) is 5.96 Å². The molecule has 0 aromatic heterocycles. The largest absolute Gasteiger partial charge is 0.493 e. The Labute approximate surface area is 171 Å². The first-order chi connectivity index (χ1) is 13.5. The number of carbonyl (C=O) groups is 1. The molecule has 0 fully saturated rings. The number of guanidine groups is 1. The fourth-order valence-corrected chi connectivity index (χ4v) is 2.69. The van der Waals surface area contributed by atoms with Crippen LogP contribution in [-0.2, 0) is 11.2 Å². The van der Waals surface area contributed by atoms with Gasteiger partial charge in [-0.2, -0.15) is 5.10 Å². The maximum absolute atomic E-state index is 12.0. The number of benzene rings is 2. The van der Waals surface area contributed by atoms with Crippen LogP contribution in [0, 0.1) is 0 Å². The van der Waals surface area contributed by atoms with E-state index in [-0.39, 0.29) is 18.5 Å². The van der Waals surface area contributed by atoms with Crippen molar-refractivity contribution in [3.05, 3.63) is 58.1 Å². The predicted molar refractivity (Wildman–Crippen MR) is 113 cm³/mol. The van der Waals surface area contributed by atoms with Crippen LogP contribution in [0.15, 0.2) is 57.1 Å². The lowest BCUT2D eigenvalue weighted by Crippen LogP contribution is -2.30. The molecule has 0 saturated carbocycles. The molecule has 1 amide bonds. The number of amides is 1. The quantitative estimate of drug-likeness (QED) is 0.307. The summed E-state index contributed by atoms with van der Waals surface area (Å²) >= 11 is 3.41. The molecule has 2 rings (SSSR count). The molecule has 0 aliphatic heterocycles. The van der Waals surface area contributed by atoms with E-state index in [2.05, 4.69) is 31.4 Å². The van der Waals surface area contributed by atoms with Crippen LogP contribution in [0.2, 0.25) is 0 Å². The summed E-state index contributed by atoms with van der Waals surface area (Å²) in [7, 11) is 1.51. The van der Waals surface area contributed by atoms with E-state index in [0.29, 0.717) is 28.1 Å². The molecule has 5 N–H and O–H groups in total. The molecule has 0 unspecified atom stereocenters. The van der Waals surface area contributed by atoms with Crippen LogP contribution in [0.5, 0.6) is 11.5 Å². The fourth-order valence-electron chi connectivity index (χ4n) is 2.27. The standard InChI is InChI=1S/C19H22BrN5O3/c1-27-16-9-14(11-24-25-19(21)22)15(20)10-17(16)28-12-18(26)23-8-7-13-5-3-2-4-6-13/h2-6,9-11H,7-8,12H2,1H3,(H,23,26)(H4,21,22,25). The molecule has 0 aliphatic carbocycles. The topological polar surface area (TPSA) is 124 Å².